The lowest BCUT2D eigenvalue weighted by atomic mass is 9.99. The normalized spacial score (nSPS) is 18.4. The Morgan fingerprint density at radius 1 is 1.48 bits per heavy atom. The molecule has 1 atom stereocenters. The highest BCUT2D eigenvalue weighted by Gasteiger charge is 2.30. The lowest BCUT2D eigenvalue weighted by Gasteiger charge is -2.34. The van der Waals surface area contributed by atoms with Crippen LogP contribution >= 0.6 is 0 Å². The molecule has 2 heterocycles. The first-order chi connectivity index (χ1) is 10.1. The predicted molar refractivity (Wildman–Crippen MR) is 78.7 cm³/mol. The van der Waals surface area contributed by atoms with Crippen molar-refractivity contribution >= 4 is 17.6 Å². The summed E-state index contributed by atoms with van der Waals surface area (Å²) in [5, 5.41) is 11.6. The molecule has 6 heteroatoms. The van der Waals surface area contributed by atoms with Crippen LogP contribution in [0, 0.1) is 6.92 Å². The molecule has 6 nitrogen and oxygen atoms in total. The van der Waals surface area contributed by atoms with Gasteiger partial charge in [0.1, 0.15) is 5.82 Å². The Balaban J connectivity index is 2.02. The number of nitrogens with zero attached hydrogens (tertiary/aromatic N) is 2. The topological polar surface area (TPSA) is 82.5 Å². The maximum Gasteiger partial charge on any atom is 0.315 e. The number of anilines is 1. The zero-order valence-corrected chi connectivity index (χ0v) is 12.2. The Bertz CT molecular complexity index is 517. The molecule has 2 amide bonds. The number of hydrogen-bond acceptors (Lipinski definition) is 4. The predicted octanol–water partition coefficient (Wildman–Crippen LogP) is 1.09. The molecule has 2 N–H and O–H groups in total. The Kier molecular flexibility index (Phi) is 5.27. The number of carbonyl (C=O) groups excluding carboxylic acids is 2. The first-order valence-electron chi connectivity index (χ1n) is 7.27. The fraction of sp³-hybridized carbons (Fsp3) is 0.533. The number of aryl methyl sites for hydroxylation is 1. The van der Waals surface area contributed by atoms with E-state index in [4.69, 9.17) is 5.11 Å². The number of pyridine rings is 1. The molecule has 0 spiro atoms. The van der Waals surface area contributed by atoms with Gasteiger partial charge in [-0.3, -0.25) is 9.59 Å². The molecule has 1 aliphatic rings. The van der Waals surface area contributed by atoms with Crippen LogP contribution in [0.1, 0.15) is 31.2 Å². The molecule has 0 saturated carbocycles. The average molecular weight is 291 g/mol. The molecule has 0 aliphatic carbocycles. The molecular formula is C15H21N3O3. The number of aliphatic hydroxyl groups is 1. The maximum absolute atomic E-state index is 12.3. The lowest BCUT2D eigenvalue weighted by molar-refractivity contribution is -0.146. The van der Waals surface area contributed by atoms with Gasteiger partial charge >= 0.3 is 11.8 Å². The number of likely N-dealkylation sites (tertiary alicyclic amines) is 1. The molecule has 1 aromatic rings. The molecule has 1 saturated heterocycles. The number of piperidine rings is 1. The number of amides is 2. The molecule has 114 valence electrons. The largest absolute Gasteiger partial charge is 0.396 e. The minimum atomic E-state index is -0.669. The number of carbonyl (C=O) groups is 2. The van der Waals surface area contributed by atoms with Crippen molar-refractivity contribution in [1.29, 1.82) is 0 Å². The highest BCUT2D eigenvalue weighted by Crippen LogP contribution is 2.20. The smallest absolute Gasteiger partial charge is 0.315 e. The van der Waals surface area contributed by atoms with Gasteiger partial charge in [-0.1, -0.05) is 0 Å². The van der Waals surface area contributed by atoms with Gasteiger partial charge in [-0.15, -0.1) is 0 Å². The summed E-state index contributed by atoms with van der Waals surface area (Å²) in [7, 11) is 0. The van der Waals surface area contributed by atoms with Gasteiger partial charge in [0.2, 0.25) is 0 Å². The molecule has 21 heavy (non-hydrogen) atoms. The second kappa shape index (κ2) is 7.17. The van der Waals surface area contributed by atoms with Crippen LogP contribution in [0.3, 0.4) is 0 Å². The molecule has 1 aliphatic heterocycles. The molecular weight excluding hydrogens is 270 g/mol. The molecule has 1 fully saturated rings. The lowest BCUT2D eigenvalue weighted by Crippen LogP contribution is -2.48. The van der Waals surface area contributed by atoms with Crippen LogP contribution in [-0.4, -0.2) is 46.0 Å². The summed E-state index contributed by atoms with van der Waals surface area (Å²) in [5.41, 5.74) is 0.962. The number of aliphatic hydroxyl groups excluding tert-OH is 1. The van der Waals surface area contributed by atoms with Gasteiger partial charge in [-0.25, -0.2) is 4.98 Å². The third-order valence-corrected chi connectivity index (χ3v) is 3.70. The summed E-state index contributed by atoms with van der Waals surface area (Å²) in [6.07, 6.45) is 4.86. The van der Waals surface area contributed by atoms with Crippen molar-refractivity contribution in [3.8, 4) is 0 Å². The Morgan fingerprint density at radius 2 is 2.29 bits per heavy atom. The van der Waals surface area contributed by atoms with Gasteiger partial charge in [0, 0.05) is 25.4 Å². The van der Waals surface area contributed by atoms with Crippen molar-refractivity contribution in [3.05, 3.63) is 23.9 Å². The van der Waals surface area contributed by atoms with Crippen molar-refractivity contribution in [2.75, 3.05) is 18.5 Å². The van der Waals surface area contributed by atoms with E-state index < -0.39 is 11.8 Å². The third-order valence-electron chi connectivity index (χ3n) is 3.70. The summed E-state index contributed by atoms with van der Waals surface area (Å²) in [5.74, 6) is -0.835. The van der Waals surface area contributed by atoms with E-state index in [-0.39, 0.29) is 12.6 Å². The van der Waals surface area contributed by atoms with Crippen LogP contribution in [0.15, 0.2) is 18.3 Å². The van der Waals surface area contributed by atoms with E-state index >= 15 is 0 Å². The minimum Gasteiger partial charge on any atom is -0.396 e. The fourth-order valence-corrected chi connectivity index (χ4v) is 2.62. The average Bonchev–Trinajstić information content (AvgIpc) is 2.47. The van der Waals surface area contributed by atoms with Crippen LogP contribution < -0.4 is 5.32 Å². The van der Waals surface area contributed by atoms with E-state index in [0.29, 0.717) is 18.8 Å². The summed E-state index contributed by atoms with van der Waals surface area (Å²) < 4.78 is 0. The summed E-state index contributed by atoms with van der Waals surface area (Å²) >= 11 is 0. The third kappa shape index (κ3) is 4.01. The fourth-order valence-electron chi connectivity index (χ4n) is 2.62. The van der Waals surface area contributed by atoms with Crippen LogP contribution in [0.2, 0.25) is 0 Å². The van der Waals surface area contributed by atoms with Crippen LogP contribution in [0.25, 0.3) is 0 Å². The second-order valence-corrected chi connectivity index (χ2v) is 5.33. The Labute approximate surface area is 124 Å². The second-order valence-electron chi connectivity index (χ2n) is 5.33. The van der Waals surface area contributed by atoms with Gasteiger partial charge in [-0.05, 0) is 50.3 Å². The molecule has 0 radical (unpaired) electrons. The Hall–Kier alpha value is -1.95. The van der Waals surface area contributed by atoms with E-state index in [2.05, 4.69) is 10.3 Å². The van der Waals surface area contributed by atoms with Crippen LogP contribution in [-0.2, 0) is 9.59 Å². The van der Waals surface area contributed by atoms with Gasteiger partial charge in [0.15, 0.2) is 0 Å². The number of rotatable bonds is 3. The van der Waals surface area contributed by atoms with Gasteiger partial charge < -0.3 is 15.3 Å². The van der Waals surface area contributed by atoms with E-state index in [0.717, 1.165) is 24.8 Å². The first kappa shape index (κ1) is 15.4. The zero-order valence-electron chi connectivity index (χ0n) is 12.2. The Morgan fingerprint density at radius 3 is 3.00 bits per heavy atom. The van der Waals surface area contributed by atoms with E-state index in [9.17, 15) is 9.59 Å². The minimum absolute atomic E-state index is 0.0233. The number of hydrogen-bond donors (Lipinski definition) is 2. The van der Waals surface area contributed by atoms with Gasteiger partial charge in [-0.2, -0.15) is 0 Å². The summed E-state index contributed by atoms with van der Waals surface area (Å²) in [6.45, 7) is 2.48. The van der Waals surface area contributed by atoms with Crippen molar-refractivity contribution < 1.29 is 14.7 Å². The van der Waals surface area contributed by atoms with E-state index in [1.807, 2.05) is 13.0 Å². The van der Waals surface area contributed by atoms with Crippen molar-refractivity contribution in [2.24, 2.45) is 0 Å². The zero-order chi connectivity index (χ0) is 15.2. The summed E-state index contributed by atoms with van der Waals surface area (Å²) in [4.78, 5) is 29.9. The number of aromatic nitrogens is 1. The molecule has 1 unspecified atom stereocenters. The summed E-state index contributed by atoms with van der Waals surface area (Å²) in [6, 6.07) is 3.49. The number of nitrogens with one attached hydrogen (secondary N) is 1. The van der Waals surface area contributed by atoms with Gasteiger partial charge in [0.25, 0.3) is 0 Å². The van der Waals surface area contributed by atoms with Crippen molar-refractivity contribution in [2.45, 2.75) is 38.6 Å². The van der Waals surface area contributed by atoms with Crippen molar-refractivity contribution in [3.63, 3.8) is 0 Å². The molecule has 0 bridgehead atoms. The molecule has 2 rings (SSSR count). The molecule has 1 aromatic heterocycles. The van der Waals surface area contributed by atoms with Crippen LogP contribution in [0.4, 0.5) is 5.82 Å². The quantitative estimate of drug-likeness (QED) is 0.817. The first-order valence-corrected chi connectivity index (χ1v) is 7.27. The maximum atomic E-state index is 12.3. The van der Waals surface area contributed by atoms with Crippen LogP contribution in [0.5, 0.6) is 0 Å². The van der Waals surface area contributed by atoms with E-state index in [1.165, 1.54) is 0 Å². The van der Waals surface area contributed by atoms with E-state index in [1.54, 1.807) is 17.2 Å². The highest BCUT2D eigenvalue weighted by atomic mass is 16.3. The SMILES string of the molecule is Cc1ccnc(NC(=O)C(=O)N2CCCCC2CCO)c1. The standard InChI is InChI=1S/C15H21N3O3/c1-11-5-7-16-13(10-11)17-14(20)15(21)18-8-3-2-4-12(18)6-9-19/h5,7,10,12,19H,2-4,6,8-9H2,1H3,(H,16,17,20). The highest BCUT2D eigenvalue weighted by molar-refractivity contribution is 6.39. The van der Waals surface area contributed by atoms with Crippen molar-refractivity contribution in [1.82, 2.24) is 9.88 Å². The molecule has 0 aromatic carbocycles. The monoisotopic (exact) mass is 291 g/mol. The van der Waals surface area contributed by atoms with Gasteiger partial charge in [0.05, 0.1) is 0 Å².